The Kier molecular flexibility index (Phi) is 7.00. The molecule has 164 valence electrons. The predicted molar refractivity (Wildman–Crippen MR) is 127 cm³/mol. The minimum atomic E-state index is -0.318. The molecule has 0 aromatic heterocycles. The van der Waals surface area contributed by atoms with Crippen LogP contribution in [0.15, 0.2) is 84.9 Å². The Morgan fingerprint density at radius 3 is 1.75 bits per heavy atom. The second-order valence-corrected chi connectivity index (χ2v) is 8.45. The first-order chi connectivity index (χ1) is 15.6. The van der Waals surface area contributed by atoms with Crippen LogP contribution in [0.25, 0.3) is 0 Å². The molecule has 0 saturated carbocycles. The predicted octanol–water partition coefficient (Wildman–Crippen LogP) is 4.43. The van der Waals surface area contributed by atoms with Crippen molar-refractivity contribution in [3.05, 3.63) is 107 Å². The fraction of sp³-hybridized carbons (Fsp3) is 0.286. The number of benzene rings is 3. The van der Waals surface area contributed by atoms with Crippen LogP contribution < -0.4 is 0 Å². The smallest absolute Gasteiger partial charge is 0.234 e. The maximum absolute atomic E-state index is 13.5. The Labute approximate surface area is 190 Å². The SMILES string of the molecule is Cc1ccc(CCC(=O)N2CCN(C(=O)C(c3ccccc3)c3ccccc3)CC2)cc1. The van der Waals surface area contributed by atoms with E-state index in [2.05, 4.69) is 31.2 Å². The van der Waals surface area contributed by atoms with Crippen molar-refractivity contribution in [2.45, 2.75) is 25.7 Å². The lowest BCUT2D eigenvalue weighted by Gasteiger charge is -2.36. The summed E-state index contributed by atoms with van der Waals surface area (Å²) in [5, 5.41) is 0. The van der Waals surface area contributed by atoms with Crippen LogP contribution in [0.2, 0.25) is 0 Å². The molecule has 0 radical (unpaired) electrons. The van der Waals surface area contributed by atoms with Crippen LogP contribution in [0.4, 0.5) is 0 Å². The van der Waals surface area contributed by atoms with Crippen molar-refractivity contribution < 1.29 is 9.59 Å². The number of aryl methyl sites for hydroxylation is 2. The van der Waals surface area contributed by atoms with Crippen LogP contribution >= 0.6 is 0 Å². The van der Waals surface area contributed by atoms with Gasteiger partial charge in [-0.25, -0.2) is 0 Å². The van der Waals surface area contributed by atoms with Gasteiger partial charge in [-0.15, -0.1) is 0 Å². The van der Waals surface area contributed by atoms with Gasteiger partial charge in [0.05, 0.1) is 5.92 Å². The van der Waals surface area contributed by atoms with Crippen LogP contribution in [0.3, 0.4) is 0 Å². The molecule has 3 aromatic rings. The van der Waals surface area contributed by atoms with E-state index in [1.165, 1.54) is 11.1 Å². The Morgan fingerprint density at radius 1 is 0.719 bits per heavy atom. The monoisotopic (exact) mass is 426 g/mol. The fourth-order valence-corrected chi connectivity index (χ4v) is 4.29. The molecule has 0 atom stereocenters. The minimum absolute atomic E-state index is 0.106. The molecule has 2 amide bonds. The Bertz CT molecular complexity index is 985. The molecule has 3 aromatic carbocycles. The third-order valence-electron chi connectivity index (χ3n) is 6.20. The van der Waals surface area contributed by atoms with E-state index in [0.29, 0.717) is 32.6 Å². The lowest BCUT2D eigenvalue weighted by molar-refractivity contribution is -0.139. The van der Waals surface area contributed by atoms with Crippen molar-refractivity contribution in [3.8, 4) is 0 Å². The summed E-state index contributed by atoms with van der Waals surface area (Å²) in [5.74, 6) is -0.0457. The highest BCUT2D eigenvalue weighted by atomic mass is 16.2. The van der Waals surface area contributed by atoms with Crippen molar-refractivity contribution in [3.63, 3.8) is 0 Å². The number of nitrogens with zero attached hydrogens (tertiary/aromatic N) is 2. The van der Waals surface area contributed by atoms with Gasteiger partial charge in [0.1, 0.15) is 0 Å². The summed E-state index contributed by atoms with van der Waals surface area (Å²) in [5.41, 5.74) is 4.41. The summed E-state index contributed by atoms with van der Waals surface area (Å²) < 4.78 is 0. The van der Waals surface area contributed by atoms with E-state index < -0.39 is 0 Å². The van der Waals surface area contributed by atoms with E-state index in [1.54, 1.807) is 0 Å². The van der Waals surface area contributed by atoms with Crippen molar-refractivity contribution in [1.29, 1.82) is 0 Å². The number of carbonyl (C=O) groups excluding carboxylic acids is 2. The summed E-state index contributed by atoms with van der Waals surface area (Å²) in [6, 6.07) is 28.2. The zero-order chi connectivity index (χ0) is 22.3. The molecule has 1 saturated heterocycles. The van der Waals surface area contributed by atoms with Gasteiger partial charge in [-0.1, -0.05) is 90.5 Å². The van der Waals surface area contributed by atoms with E-state index in [4.69, 9.17) is 0 Å². The van der Waals surface area contributed by atoms with Gasteiger partial charge >= 0.3 is 0 Å². The van der Waals surface area contributed by atoms with Crippen LogP contribution in [-0.2, 0) is 16.0 Å². The normalized spacial score (nSPS) is 13.9. The van der Waals surface area contributed by atoms with E-state index in [-0.39, 0.29) is 17.7 Å². The quantitative estimate of drug-likeness (QED) is 0.585. The minimum Gasteiger partial charge on any atom is -0.339 e. The summed E-state index contributed by atoms with van der Waals surface area (Å²) in [7, 11) is 0. The molecule has 1 fully saturated rings. The highest BCUT2D eigenvalue weighted by molar-refractivity contribution is 5.87. The summed E-state index contributed by atoms with van der Waals surface area (Å²) in [6.45, 7) is 4.40. The molecule has 4 heteroatoms. The second kappa shape index (κ2) is 10.3. The maximum Gasteiger partial charge on any atom is 0.234 e. The molecule has 0 spiro atoms. The van der Waals surface area contributed by atoms with Crippen LogP contribution in [-0.4, -0.2) is 47.8 Å². The van der Waals surface area contributed by atoms with E-state index >= 15 is 0 Å². The average molecular weight is 427 g/mol. The van der Waals surface area contributed by atoms with E-state index in [1.807, 2.05) is 70.5 Å². The van der Waals surface area contributed by atoms with Crippen LogP contribution in [0.5, 0.6) is 0 Å². The molecule has 0 N–H and O–H groups in total. The van der Waals surface area contributed by atoms with E-state index in [0.717, 1.165) is 17.5 Å². The third-order valence-corrected chi connectivity index (χ3v) is 6.20. The maximum atomic E-state index is 13.5. The zero-order valence-electron chi connectivity index (χ0n) is 18.6. The number of piperazine rings is 1. The fourth-order valence-electron chi connectivity index (χ4n) is 4.29. The number of hydrogen-bond acceptors (Lipinski definition) is 2. The van der Waals surface area contributed by atoms with Crippen molar-refractivity contribution in [2.24, 2.45) is 0 Å². The lowest BCUT2D eigenvalue weighted by atomic mass is 9.90. The van der Waals surface area contributed by atoms with Gasteiger partial charge in [-0.05, 0) is 30.0 Å². The molecule has 1 aliphatic heterocycles. The Morgan fingerprint density at radius 2 is 1.22 bits per heavy atom. The number of amides is 2. The van der Waals surface area contributed by atoms with Crippen LogP contribution in [0.1, 0.15) is 34.6 Å². The summed E-state index contributed by atoms with van der Waals surface area (Å²) in [6.07, 6.45) is 1.26. The van der Waals surface area contributed by atoms with Crippen molar-refractivity contribution in [1.82, 2.24) is 9.80 Å². The van der Waals surface area contributed by atoms with E-state index in [9.17, 15) is 9.59 Å². The molecule has 32 heavy (non-hydrogen) atoms. The van der Waals surface area contributed by atoms with Crippen molar-refractivity contribution in [2.75, 3.05) is 26.2 Å². The van der Waals surface area contributed by atoms with Gasteiger partial charge in [0.2, 0.25) is 11.8 Å². The van der Waals surface area contributed by atoms with Gasteiger partial charge in [0, 0.05) is 32.6 Å². The first-order valence-electron chi connectivity index (χ1n) is 11.3. The first-order valence-corrected chi connectivity index (χ1v) is 11.3. The van der Waals surface area contributed by atoms with Crippen molar-refractivity contribution >= 4 is 11.8 Å². The zero-order valence-corrected chi connectivity index (χ0v) is 18.6. The molecule has 0 unspecified atom stereocenters. The summed E-state index contributed by atoms with van der Waals surface area (Å²) in [4.78, 5) is 30.1. The second-order valence-electron chi connectivity index (χ2n) is 8.45. The van der Waals surface area contributed by atoms with Crippen LogP contribution in [0, 0.1) is 6.92 Å². The van der Waals surface area contributed by atoms with Gasteiger partial charge in [-0.2, -0.15) is 0 Å². The first kappa shape index (κ1) is 21.8. The number of carbonyl (C=O) groups is 2. The molecule has 1 aliphatic rings. The summed E-state index contributed by atoms with van der Waals surface area (Å²) >= 11 is 0. The Balaban J connectivity index is 1.37. The topological polar surface area (TPSA) is 40.6 Å². The highest BCUT2D eigenvalue weighted by Crippen LogP contribution is 2.27. The molecule has 0 bridgehead atoms. The Hall–Kier alpha value is -3.40. The lowest BCUT2D eigenvalue weighted by Crippen LogP contribution is -2.51. The molecular formula is C28H30N2O2. The largest absolute Gasteiger partial charge is 0.339 e. The third kappa shape index (κ3) is 5.25. The molecule has 0 aliphatic carbocycles. The number of rotatable bonds is 6. The van der Waals surface area contributed by atoms with Gasteiger partial charge in [0.25, 0.3) is 0 Å². The molecule has 1 heterocycles. The van der Waals surface area contributed by atoms with Gasteiger partial charge in [0.15, 0.2) is 0 Å². The molecular weight excluding hydrogens is 396 g/mol. The highest BCUT2D eigenvalue weighted by Gasteiger charge is 2.30. The molecule has 4 nitrogen and oxygen atoms in total. The molecule has 4 rings (SSSR count). The number of hydrogen-bond donors (Lipinski definition) is 0. The van der Waals surface area contributed by atoms with Gasteiger partial charge in [-0.3, -0.25) is 9.59 Å². The standard InChI is InChI=1S/C28H30N2O2/c1-22-12-14-23(15-13-22)16-17-26(31)29-18-20-30(21-19-29)28(32)27(24-8-4-2-5-9-24)25-10-6-3-7-11-25/h2-15,27H,16-21H2,1H3. The average Bonchev–Trinajstić information content (AvgIpc) is 2.85. The van der Waals surface area contributed by atoms with Gasteiger partial charge < -0.3 is 9.80 Å².